The van der Waals surface area contributed by atoms with Gasteiger partial charge in [0.05, 0.1) is 4.90 Å². The lowest BCUT2D eigenvalue weighted by Crippen LogP contribution is -2.43. The highest BCUT2D eigenvalue weighted by atomic mass is 32.2. The Labute approximate surface area is 120 Å². The molecule has 110 valence electrons. The van der Waals surface area contributed by atoms with Gasteiger partial charge in [0.1, 0.15) is 0 Å². The lowest BCUT2D eigenvalue weighted by molar-refractivity contribution is 0.522. The van der Waals surface area contributed by atoms with Gasteiger partial charge in [0.15, 0.2) is 0 Å². The number of hydrogen-bond donors (Lipinski definition) is 2. The summed E-state index contributed by atoms with van der Waals surface area (Å²) < 4.78 is 27.7. The molecule has 2 aliphatic rings. The molecular formula is C15H22N2O2S. The highest BCUT2D eigenvalue weighted by molar-refractivity contribution is 7.89. The van der Waals surface area contributed by atoms with Gasteiger partial charge >= 0.3 is 0 Å². The van der Waals surface area contributed by atoms with Crippen molar-refractivity contribution in [1.29, 1.82) is 0 Å². The van der Waals surface area contributed by atoms with E-state index in [1.165, 1.54) is 17.5 Å². The van der Waals surface area contributed by atoms with E-state index in [1.54, 1.807) is 6.07 Å². The summed E-state index contributed by atoms with van der Waals surface area (Å²) in [6.45, 7) is 0. The fourth-order valence-electron chi connectivity index (χ4n) is 3.28. The Morgan fingerprint density at radius 2 is 1.80 bits per heavy atom. The van der Waals surface area contributed by atoms with Crippen LogP contribution in [0.1, 0.15) is 43.2 Å². The lowest BCUT2D eigenvalue weighted by atomic mass is 9.92. The molecule has 0 saturated heterocycles. The number of aryl methyl sites for hydroxylation is 2. The smallest absolute Gasteiger partial charge is 0.240 e. The van der Waals surface area contributed by atoms with Crippen molar-refractivity contribution in [3.63, 3.8) is 0 Å². The van der Waals surface area contributed by atoms with Crippen molar-refractivity contribution < 1.29 is 8.42 Å². The first-order chi connectivity index (χ1) is 9.56. The summed E-state index contributed by atoms with van der Waals surface area (Å²) in [5.74, 6) is 0. The van der Waals surface area contributed by atoms with E-state index in [4.69, 9.17) is 5.73 Å². The average Bonchev–Trinajstić information content (AvgIpc) is 2.83. The molecule has 4 nitrogen and oxygen atoms in total. The molecule has 1 aromatic carbocycles. The third kappa shape index (κ3) is 2.75. The van der Waals surface area contributed by atoms with Crippen LogP contribution in [0.4, 0.5) is 0 Å². The van der Waals surface area contributed by atoms with Gasteiger partial charge in [-0.05, 0) is 61.8 Å². The first-order valence-electron chi connectivity index (χ1n) is 7.46. The number of nitrogens with one attached hydrogen (secondary N) is 1. The van der Waals surface area contributed by atoms with Crippen LogP contribution < -0.4 is 10.5 Å². The molecule has 2 unspecified atom stereocenters. The summed E-state index contributed by atoms with van der Waals surface area (Å²) in [6.07, 6.45) is 7.14. The quantitative estimate of drug-likeness (QED) is 0.891. The first-order valence-corrected chi connectivity index (χ1v) is 8.94. The van der Waals surface area contributed by atoms with E-state index in [0.717, 1.165) is 38.5 Å². The van der Waals surface area contributed by atoms with E-state index >= 15 is 0 Å². The van der Waals surface area contributed by atoms with Crippen molar-refractivity contribution in [2.24, 2.45) is 5.73 Å². The third-order valence-corrected chi connectivity index (χ3v) is 5.99. The molecule has 1 aromatic rings. The van der Waals surface area contributed by atoms with Gasteiger partial charge < -0.3 is 5.73 Å². The third-order valence-electron chi connectivity index (χ3n) is 4.51. The molecule has 0 radical (unpaired) electrons. The van der Waals surface area contributed by atoms with Gasteiger partial charge in [0.2, 0.25) is 10.0 Å². The van der Waals surface area contributed by atoms with E-state index in [2.05, 4.69) is 4.72 Å². The van der Waals surface area contributed by atoms with Gasteiger partial charge in [-0.1, -0.05) is 12.5 Å². The van der Waals surface area contributed by atoms with E-state index in [-0.39, 0.29) is 12.1 Å². The Hall–Kier alpha value is -0.910. The zero-order valence-electron chi connectivity index (χ0n) is 11.6. The molecule has 2 atom stereocenters. The van der Waals surface area contributed by atoms with Gasteiger partial charge in [-0.15, -0.1) is 0 Å². The van der Waals surface area contributed by atoms with Gasteiger partial charge in [-0.2, -0.15) is 0 Å². The van der Waals surface area contributed by atoms with Crippen LogP contribution in [0.2, 0.25) is 0 Å². The van der Waals surface area contributed by atoms with Crippen molar-refractivity contribution in [2.75, 3.05) is 0 Å². The second-order valence-electron chi connectivity index (χ2n) is 5.96. The Balaban J connectivity index is 1.83. The summed E-state index contributed by atoms with van der Waals surface area (Å²) in [4.78, 5) is 0.386. The Morgan fingerprint density at radius 1 is 1.05 bits per heavy atom. The Bertz CT molecular complexity index is 598. The van der Waals surface area contributed by atoms with Crippen molar-refractivity contribution in [2.45, 2.75) is 61.9 Å². The van der Waals surface area contributed by atoms with Crippen LogP contribution in [0.25, 0.3) is 0 Å². The standard InChI is InChI=1S/C15H22N2O2S/c16-14-6-3-7-15(14)17-20(18,19)13-9-8-11-4-1-2-5-12(11)10-13/h8-10,14-15,17H,1-7,16H2. The van der Waals surface area contributed by atoms with Crippen molar-refractivity contribution in [3.8, 4) is 0 Å². The average molecular weight is 294 g/mol. The maximum absolute atomic E-state index is 12.5. The summed E-state index contributed by atoms with van der Waals surface area (Å²) in [7, 11) is -3.44. The molecule has 0 amide bonds. The maximum atomic E-state index is 12.5. The summed E-state index contributed by atoms with van der Waals surface area (Å²) in [5.41, 5.74) is 8.44. The summed E-state index contributed by atoms with van der Waals surface area (Å²) in [6, 6.07) is 5.38. The van der Waals surface area contributed by atoms with Crippen LogP contribution in [-0.2, 0) is 22.9 Å². The fourth-order valence-corrected chi connectivity index (χ4v) is 4.65. The molecule has 3 rings (SSSR count). The topological polar surface area (TPSA) is 72.2 Å². The minimum Gasteiger partial charge on any atom is -0.326 e. The number of benzene rings is 1. The Morgan fingerprint density at radius 3 is 2.50 bits per heavy atom. The van der Waals surface area contributed by atoms with Crippen LogP contribution in [0.15, 0.2) is 23.1 Å². The fraction of sp³-hybridized carbons (Fsp3) is 0.600. The number of nitrogens with two attached hydrogens (primary N) is 1. The predicted octanol–water partition coefficient (Wildman–Crippen LogP) is 1.72. The summed E-state index contributed by atoms with van der Waals surface area (Å²) >= 11 is 0. The van der Waals surface area contributed by atoms with Crippen LogP contribution in [0.5, 0.6) is 0 Å². The van der Waals surface area contributed by atoms with Crippen LogP contribution in [0, 0.1) is 0 Å². The van der Waals surface area contributed by atoms with E-state index in [0.29, 0.717) is 4.90 Å². The normalized spacial score (nSPS) is 26.4. The van der Waals surface area contributed by atoms with Crippen molar-refractivity contribution in [3.05, 3.63) is 29.3 Å². The minimum absolute atomic E-state index is 0.0533. The number of sulfonamides is 1. The van der Waals surface area contributed by atoms with Crippen molar-refractivity contribution in [1.82, 2.24) is 4.72 Å². The predicted molar refractivity (Wildman–Crippen MR) is 79.0 cm³/mol. The zero-order chi connectivity index (χ0) is 14.2. The number of rotatable bonds is 3. The number of fused-ring (bicyclic) bond motifs is 1. The van der Waals surface area contributed by atoms with Crippen LogP contribution in [-0.4, -0.2) is 20.5 Å². The molecule has 2 aliphatic carbocycles. The molecular weight excluding hydrogens is 272 g/mol. The number of hydrogen-bond acceptors (Lipinski definition) is 3. The molecule has 0 spiro atoms. The van der Waals surface area contributed by atoms with E-state index in [9.17, 15) is 8.42 Å². The first kappa shape index (κ1) is 14.0. The lowest BCUT2D eigenvalue weighted by Gasteiger charge is -2.19. The molecule has 1 saturated carbocycles. The molecule has 5 heteroatoms. The van der Waals surface area contributed by atoms with E-state index in [1.807, 2.05) is 12.1 Å². The second-order valence-corrected chi connectivity index (χ2v) is 7.67. The van der Waals surface area contributed by atoms with E-state index < -0.39 is 10.0 Å². The summed E-state index contributed by atoms with van der Waals surface area (Å²) in [5, 5.41) is 0. The molecule has 0 heterocycles. The second kappa shape index (κ2) is 5.47. The highest BCUT2D eigenvalue weighted by Crippen LogP contribution is 2.25. The molecule has 0 aromatic heterocycles. The van der Waals surface area contributed by atoms with Gasteiger partial charge in [0, 0.05) is 12.1 Å². The molecule has 1 fully saturated rings. The maximum Gasteiger partial charge on any atom is 0.240 e. The van der Waals surface area contributed by atoms with Gasteiger partial charge in [-0.25, -0.2) is 13.1 Å². The van der Waals surface area contributed by atoms with Gasteiger partial charge in [0.25, 0.3) is 0 Å². The van der Waals surface area contributed by atoms with Crippen LogP contribution in [0.3, 0.4) is 0 Å². The van der Waals surface area contributed by atoms with Crippen LogP contribution >= 0.6 is 0 Å². The SMILES string of the molecule is NC1CCCC1NS(=O)(=O)c1ccc2c(c1)CCCC2. The molecule has 0 aliphatic heterocycles. The van der Waals surface area contributed by atoms with Crippen molar-refractivity contribution >= 4 is 10.0 Å². The largest absolute Gasteiger partial charge is 0.326 e. The zero-order valence-corrected chi connectivity index (χ0v) is 12.5. The molecule has 3 N–H and O–H groups in total. The Kier molecular flexibility index (Phi) is 3.84. The minimum atomic E-state index is -3.44. The van der Waals surface area contributed by atoms with Gasteiger partial charge in [-0.3, -0.25) is 0 Å². The molecule has 20 heavy (non-hydrogen) atoms. The highest BCUT2D eigenvalue weighted by Gasteiger charge is 2.29. The molecule has 0 bridgehead atoms. The monoisotopic (exact) mass is 294 g/mol.